The molecule has 1 heterocycles. The monoisotopic (exact) mass is 478 g/mol. The number of hydrogen-bond donors (Lipinski definition) is 3. The number of benzene rings is 2. The third-order valence-corrected chi connectivity index (χ3v) is 5.08. The van der Waals surface area contributed by atoms with Crippen molar-refractivity contribution >= 4 is 35.1 Å². The number of carbonyl (C=O) groups is 4. The van der Waals surface area contributed by atoms with E-state index >= 15 is 0 Å². The van der Waals surface area contributed by atoms with Crippen molar-refractivity contribution in [3.63, 3.8) is 0 Å². The number of Topliss-reactive ketones (excluding diaryl/α,β-unsaturated/α-hetero) is 1. The molecule has 3 N–H and O–H groups in total. The van der Waals surface area contributed by atoms with Crippen molar-refractivity contribution in [2.45, 2.75) is 19.0 Å². The third-order valence-electron chi connectivity index (χ3n) is 4.83. The van der Waals surface area contributed by atoms with Gasteiger partial charge in [0.2, 0.25) is 11.7 Å². The molecule has 0 aliphatic rings. The van der Waals surface area contributed by atoms with Gasteiger partial charge in [-0.05, 0) is 42.0 Å². The molecule has 1 atom stereocenters. The van der Waals surface area contributed by atoms with Gasteiger partial charge in [0.1, 0.15) is 6.04 Å². The predicted octanol–water partition coefficient (Wildman–Crippen LogP) is 2.08. The summed E-state index contributed by atoms with van der Waals surface area (Å²) in [6.07, 6.45) is 1.70. The molecule has 0 fully saturated rings. The number of amides is 3. The Labute approximate surface area is 201 Å². The van der Waals surface area contributed by atoms with Gasteiger partial charge in [0.15, 0.2) is 0 Å². The van der Waals surface area contributed by atoms with Gasteiger partial charge in [-0.15, -0.1) is 0 Å². The van der Waals surface area contributed by atoms with E-state index in [0.29, 0.717) is 16.3 Å². The average Bonchev–Trinajstić information content (AvgIpc) is 2.86. The molecule has 34 heavy (non-hydrogen) atoms. The van der Waals surface area contributed by atoms with Crippen LogP contribution in [0.3, 0.4) is 0 Å². The number of nitrogens with one attached hydrogen (secondary N) is 3. The van der Waals surface area contributed by atoms with Gasteiger partial charge in [-0.1, -0.05) is 48.0 Å². The molecule has 9 heteroatoms. The van der Waals surface area contributed by atoms with Gasteiger partial charge in [0, 0.05) is 23.2 Å². The van der Waals surface area contributed by atoms with Crippen LogP contribution in [0.5, 0.6) is 0 Å². The summed E-state index contributed by atoms with van der Waals surface area (Å²) in [7, 11) is 0. The van der Waals surface area contributed by atoms with Crippen molar-refractivity contribution in [1.29, 1.82) is 0 Å². The lowest BCUT2D eigenvalue weighted by molar-refractivity contribution is -0.140. The number of rotatable bonds is 10. The molecule has 3 rings (SSSR count). The van der Waals surface area contributed by atoms with E-state index in [1.807, 2.05) is 6.07 Å². The minimum Gasteiger partial charge on any atom is -0.344 e. The van der Waals surface area contributed by atoms with Crippen LogP contribution in [0.1, 0.15) is 21.6 Å². The molecule has 3 amide bonds. The van der Waals surface area contributed by atoms with Gasteiger partial charge >= 0.3 is 0 Å². The van der Waals surface area contributed by atoms with Crippen molar-refractivity contribution in [3.05, 3.63) is 101 Å². The first-order valence-electron chi connectivity index (χ1n) is 10.5. The summed E-state index contributed by atoms with van der Waals surface area (Å²) in [5.74, 6) is -2.70. The summed E-state index contributed by atoms with van der Waals surface area (Å²) >= 11 is 5.82. The molecule has 0 radical (unpaired) electrons. The highest BCUT2D eigenvalue weighted by atomic mass is 35.5. The van der Waals surface area contributed by atoms with Crippen molar-refractivity contribution in [2.24, 2.45) is 0 Å². The van der Waals surface area contributed by atoms with Gasteiger partial charge in [-0.25, -0.2) is 0 Å². The average molecular weight is 479 g/mol. The van der Waals surface area contributed by atoms with Crippen LogP contribution >= 0.6 is 11.6 Å². The highest BCUT2D eigenvalue weighted by Crippen LogP contribution is 2.09. The van der Waals surface area contributed by atoms with Crippen molar-refractivity contribution in [1.82, 2.24) is 20.9 Å². The lowest BCUT2D eigenvalue weighted by atomic mass is 10.0. The molecule has 0 saturated carbocycles. The third kappa shape index (κ3) is 7.53. The summed E-state index contributed by atoms with van der Waals surface area (Å²) in [6.45, 7) is -0.288. The summed E-state index contributed by atoms with van der Waals surface area (Å²) in [6, 6.07) is 19.3. The molecule has 3 aromatic rings. The first-order valence-corrected chi connectivity index (χ1v) is 10.9. The summed E-state index contributed by atoms with van der Waals surface area (Å²) < 4.78 is 0. The zero-order valence-corrected chi connectivity index (χ0v) is 18.9. The van der Waals surface area contributed by atoms with E-state index in [-0.39, 0.29) is 19.5 Å². The Balaban J connectivity index is 1.61. The molecular formula is C25H23ClN4O4. The Kier molecular flexibility index (Phi) is 8.88. The number of halogens is 1. The summed E-state index contributed by atoms with van der Waals surface area (Å²) in [5, 5.41) is 8.06. The molecule has 2 aromatic carbocycles. The molecule has 8 nitrogen and oxygen atoms in total. The van der Waals surface area contributed by atoms with E-state index in [1.54, 1.807) is 60.8 Å². The predicted molar refractivity (Wildman–Crippen MR) is 127 cm³/mol. The smallest absolute Gasteiger partial charge is 0.289 e. The Hall–Kier alpha value is -4.04. The Morgan fingerprint density at radius 1 is 0.853 bits per heavy atom. The number of hydrogen-bond acceptors (Lipinski definition) is 5. The second-order valence-electron chi connectivity index (χ2n) is 7.37. The van der Waals surface area contributed by atoms with E-state index in [0.717, 1.165) is 5.56 Å². The Morgan fingerprint density at radius 3 is 2.24 bits per heavy atom. The fraction of sp³-hybridized carbons (Fsp3) is 0.160. The topological polar surface area (TPSA) is 117 Å². The van der Waals surface area contributed by atoms with Gasteiger partial charge < -0.3 is 16.0 Å². The number of aromatic nitrogens is 1. The molecule has 1 aromatic heterocycles. The lowest BCUT2D eigenvalue weighted by Gasteiger charge is -2.18. The highest BCUT2D eigenvalue weighted by Gasteiger charge is 2.27. The van der Waals surface area contributed by atoms with Crippen molar-refractivity contribution in [3.8, 4) is 0 Å². The molecule has 0 unspecified atom stereocenters. The second kappa shape index (κ2) is 12.3. The van der Waals surface area contributed by atoms with E-state index < -0.39 is 29.5 Å². The fourth-order valence-electron chi connectivity index (χ4n) is 3.09. The molecule has 0 saturated heterocycles. The van der Waals surface area contributed by atoms with Crippen molar-refractivity contribution in [2.75, 3.05) is 6.54 Å². The maximum absolute atomic E-state index is 12.8. The number of nitrogens with zero attached hydrogens (tertiary/aromatic N) is 1. The standard InChI is InChI=1S/C25H23ClN4O4/c26-19-11-9-18(10-12-19)24(33)29-16-22(31)30-21(14-17-6-2-1-3-7-17)23(32)25(34)28-15-20-8-4-5-13-27-20/h1-13,21H,14-16H2,(H,28,34)(H,29,33)(H,30,31)/t21-/m1/s1. The maximum Gasteiger partial charge on any atom is 0.289 e. The molecule has 174 valence electrons. The number of pyridine rings is 1. The zero-order chi connectivity index (χ0) is 24.3. The van der Waals surface area contributed by atoms with E-state index in [2.05, 4.69) is 20.9 Å². The Bertz CT molecular complexity index is 1140. The minimum absolute atomic E-state index is 0.0779. The van der Waals surface area contributed by atoms with E-state index in [4.69, 9.17) is 11.6 Å². The minimum atomic E-state index is -1.11. The van der Waals surface area contributed by atoms with Gasteiger partial charge in [-0.2, -0.15) is 0 Å². The van der Waals surface area contributed by atoms with Crippen LogP contribution in [0.25, 0.3) is 0 Å². The first kappa shape index (κ1) is 24.6. The molecule has 0 bridgehead atoms. The van der Waals surface area contributed by atoms with Gasteiger partial charge in [0.25, 0.3) is 11.8 Å². The lowest BCUT2D eigenvalue weighted by Crippen LogP contribution is -2.50. The Morgan fingerprint density at radius 2 is 1.56 bits per heavy atom. The maximum atomic E-state index is 12.8. The summed E-state index contributed by atoms with van der Waals surface area (Å²) in [5.41, 5.74) is 1.70. The van der Waals surface area contributed by atoms with Crippen LogP contribution in [0, 0.1) is 0 Å². The largest absolute Gasteiger partial charge is 0.344 e. The van der Waals surface area contributed by atoms with Crippen LogP contribution in [-0.4, -0.2) is 41.1 Å². The SMILES string of the molecule is O=C(CNC(=O)c1ccc(Cl)cc1)N[C@H](Cc1ccccc1)C(=O)C(=O)NCc1ccccn1. The first-order chi connectivity index (χ1) is 16.4. The van der Waals surface area contributed by atoms with Crippen LogP contribution in [0.4, 0.5) is 0 Å². The normalized spacial score (nSPS) is 11.2. The van der Waals surface area contributed by atoms with Gasteiger partial charge in [0.05, 0.1) is 18.8 Å². The number of carbonyl (C=O) groups excluding carboxylic acids is 4. The van der Waals surface area contributed by atoms with Crippen LogP contribution < -0.4 is 16.0 Å². The molecule has 0 aliphatic carbocycles. The summed E-state index contributed by atoms with van der Waals surface area (Å²) in [4.78, 5) is 54.2. The van der Waals surface area contributed by atoms with Crippen molar-refractivity contribution < 1.29 is 19.2 Å². The second-order valence-corrected chi connectivity index (χ2v) is 7.80. The fourth-order valence-corrected chi connectivity index (χ4v) is 3.21. The van der Waals surface area contributed by atoms with E-state index in [1.165, 1.54) is 12.1 Å². The quantitative estimate of drug-likeness (QED) is 0.386. The van der Waals surface area contributed by atoms with E-state index in [9.17, 15) is 19.2 Å². The number of ketones is 1. The van der Waals surface area contributed by atoms with Crippen LogP contribution in [-0.2, 0) is 27.3 Å². The molecule has 0 aliphatic heterocycles. The molecule has 0 spiro atoms. The van der Waals surface area contributed by atoms with Crippen LogP contribution in [0.15, 0.2) is 79.0 Å². The van der Waals surface area contributed by atoms with Crippen LogP contribution in [0.2, 0.25) is 5.02 Å². The molecular weight excluding hydrogens is 456 g/mol. The zero-order valence-electron chi connectivity index (χ0n) is 18.2. The highest BCUT2D eigenvalue weighted by molar-refractivity contribution is 6.38. The van der Waals surface area contributed by atoms with Gasteiger partial charge in [-0.3, -0.25) is 24.2 Å².